The van der Waals surface area contributed by atoms with Crippen LogP contribution in [0.15, 0.2) is 104 Å². The highest BCUT2D eigenvalue weighted by molar-refractivity contribution is 7.89. The van der Waals surface area contributed by atoms with Crippen LogP contribution in [0.5, 0.6) is 0 Å². The largest absolute Gasteiger partial charge is 0.464 e. The molecule has 0 aliphatic carbocycles. The number of nitrogens with zero attached hydrogens (tertiary/aromatic N) is 3. The number of hydrogen-bond acceptors (Lipinski definition) is 7. The van der Waals surface area contributed by atoms with Crippen molar-refractivity contribution in [3.63, 3.8) is 0 Å². The van der Waals surface area contributed by atoms with E-state index in [2.05, 4.69) is 4.98 Å². The summed E-state index contributed by atoms with van der Waals surface area (Å²) in [6, 6.07) is 16.5. The summed E-state index contributed by atoms with van der Waals surface area (Å²) in [5.74, 6) is 0.0748. The molecule has 0 fully saturated rings. The normalized spacial score (nSPS) is 12.8. The van der Waals surface area contributed by atoms with Gasteiger partial charge in [-0.05, 0) is 78.6 Å². The summed E-state index contributed by atoms with van der Waals surface area (Å²) in [6.07, 6.45) is 6.58. The lowest BCUT2D eigenvalue weighted by Crippen LogP contribution is -2.38. The quantitative estimate of drug-likeness (QED) is 0.191. The Morgan fingerprint density at radius 1 is 0.725 bits per heavy atom. The molecule has 0 bridgehead atoms. The first-order valence-electron chi connectivity index (χ1n) is 13.0. The van der Waals surface area contributed by atoms with Crippen molar-refractivity contribution in [2.75, 3.05) is 19.6 Å². The van der Waals surface area contributed by atoms with E-state index in [-0.39, 0.29) is 35.3 Å². The molecule has 5 rings (SSSR count). The minimum atomic E-state index is -3.90. The van der Waals surface area contributed by atoms with E-state index < -0.39 is 20.0 Å². The molecular formula is C29H31N3O6S2. The fourth-order valence-electron chi connectivity index (χ4n) is 4.62. The number of rotatable bonds is 12. The standard InChI is InChI=1S/C29H31N3O6S2/c1-22(2)20-31(39(33,34)26-4-6-28-24(18-26)10-16-37-28)14-3-15-32(21-23-8-12-30-13-9-23)40(35,36)27-5-7-29-25(19-27)11-17-38-29/h4-13,16-19,22H,3,14-15,20-21H2,1-2H3. The van der Waals surface area contributed by atoms with Gasteiger partial charge in [0.2, 0.25) is 20.0 Å². The molecule has 0 aliphatic rings. The van der Waals surface area contributed by atoms with Crippen LogP contribution in [0, 0.1) is 5.92 Å². The maximum Gasteiger partial charge on any atom is 0.243 e. The molecule has 2 aromatic carbocycles. The zero-order valence-corrected chi connectivity index (χ0v) is 23.9. The number of furan rings is 2. The lowest BCUT2D eigenvalue weighted by Gasteiger charge is -2.26. The summed E-state index contributed by atoms with van der Waals surface area (Å²) in [5.41, 5.74) is 1.99. The van der Waals surface area contributed by atoms with Crippen molar-refractivity contribution in [3.05, 3.63) is 91.1 Å². The van der Waals surface area contributed by atoms with Gasteiger partial charge < -0.3 is 8.83 Å². The molecule has 5 aromatic rings. The van der Waals surface area contributed by atoms with Gasteiger partial charge in [-0.2, -0.15) is 8.61 Å². The molecule has 0 aliphatic heterocycles. The van der Waals surface area contributed by atoms with Crippen LogP contribution < -0.4 is 0 Å². The average Bonchev–Trinajstić information content (AvgIpc) is 3.60. The molecule has 0 unspecified atom stereocenters. The number of hydrogen-bond donors (Lipinski definition) is 0. The van der Waals surface area contributed by atoms with E-state index in [1.165, 1.54) is 27.2 Å². The Labute approximate surface area is 234 Å². The summed E-state index contributed by atoms with van der Waals surface area (Å²) in [6.45, 7) is 4.62. The van der Waals surface area contributed by atoms with Gasteiger partial charge in [-0.3, -0.25) is 4.98 Å². The Morgan fingerprint density at radius 3 is 1.80 bits per heavy atom. The van der Waals surface area contributed by atoms with E-state index in [0.717, 1.165) is 5.56 Å². The summed E-state index contributed by atoms with van der Waals surface area (Å²) in [4.78, 5) is 4.35. The Hall–Kier alpha value is -3.51. The van der Waals surface area contributed by atoms with Crippen molar-refractivity contribution < 1.29 is 25.7 Å². The predicted molar refractivity (Wildman–Crippen MR) is 152 cm³/mol. The first kappa shape index (κ1) is 28.0. The van der Waals surface area contributed by atoms with E-state index in [0.29, 0.717) is 34.9 Å². The van der Waals surface area contributed by atoms with Crippen molar-refractivity contribution in [1.29, 1.82) is 0 Å². The predicted octanol–water partition coefficient (Wildman–Crippen LogP) is 5.50. The first-order chi connectivity index (χ1) is 19.1. The van der Waals surface area contributed by atoms with Gasteiger partial charge in [0, 0.05) is 49.3 Å². The highest BCUT2D eigenvalue weighted by Gasteiger charge is 2.28. The van der Waals surface area contributed by atoms with E-state index in [1.807, 2.05) is 13.8 Å². The molecule has 3 aromatic heterocycles. The second-order valence-corrected chi connectivity index (χ2v) is 13.9. The number of aromatic nitrogens is 1. The van der Waals surface area contributed by atoms with E-state index in [9.17, 15) is 16.8 Å². The van der Waals surface area contributed by atoms with E-state index in [4.69, 9.17) is 8.83 Å². The molecule has 0 radical (unpaired) electrons. The van der Waals surface area contributed by atoms with Crippen LogP contribution in [0.3, 0.4) is 0 Å². The fraction of sp³-hybridized carbons (Fsp3) is 0.276. The summed E-state index contributed by atoms with van der Waals surface area (Å²) >= 11 is 0. The molecule has 0 amide bonds. The zero-order valence-electron chi connectivity index (χ0n) is 22.3. The molecule has 0 saturated heterocycles. The van der Waals surface area contributed by atoms with Crippen LogP contribution in [0.2, 0.25) is 0 Å². The monoisotopic (exact) mass is 581 g/mol. The third kappa shape index (κ3) is 5.97. The highest BCUT2D eigenvalue weighted by Crippen LogP contribution is 2.26. The second kappa shape index (κ2) is 11.5. The van der Waals surface area contributed by atoms with Crippen LogP contribution in [0.25, 0.3) is 21.9 Å². The van der Waals surface area contributed by atoms with Crippen LogP contribution in [-0.4, -0.2) is 50.1 Å². The maximum absolute atomic E-state index is 13.8. The van der Waals surface area contributed by atoms with Gasteiger partial charge in [0.25, 0.3) is 0 Å². The number of fused-ring (bicyclic) bond motifs is 2. The molecule has 210 valence electrons. The van der Waals surface area contributed by atoms with Gasteiger partial charge in [-0.25, -0.2) is 16.8 Å². The van der Waals surface area contributed by atoms with Gasteiger partial charge in [0.05, 0.1) is 22.3 Å². The van der Waals surface area contributed by atoms with Gasteiger partial charge in [-0.15, -0.1) is 0 Å². The lowest BCUT2D eigenvalue weighted by atomic mass is 10.2. The highest BCUT2D eigenvalue weighted by atomic mass is 32.2. The molecule has 3 heterocycles. The third-order valence-electron chi connectivity index (χ3n) is 6.62. The number of benzene rings is 2. The average molecular weight is 582 g/mol. The van der Waals surface area contributed by atoms with Crippen LogP contribution in [0.4, 0.5) is 0 Å². The van der Waals surface area contributed by atoms with Crippen molar-refractivity contribution in [1.82, 2.24) is 13.6 Å². The number of sulfonamides is 2. The summed E-state index contributed by atoms with van der Waals surface area (Å²) in [5, 5.41) is 1.39. The molecular weight excluding hydrogens is 550 g/mol. The fourth-order valence-corrected chi connectivity index (χ4v) is 7.81. The van der Waals surface area contributed by atoms with E-state index >= 15 is 0 Å². The third-order valence-corrected chi connectivity index (χ3v) is 10.3. The lowest BCUT2D eigenvalue weighted by molar-refractivity contribution is 0.334. The Kier molecular flexibility index (Phi) is 8.09. The molecule has 11 heteroatoms. The molecule has 0 saturated carbocycles. The minimum Gasteiger partial charge on any atom is -0.464 e. The van der Waals surface area contributed by atoms with Gasteiger partial charge in [0.1, 0.15) is 11.2 Å². The van der Waals surface area contributed by atoms with Crippen LogP contribution in [-0.2, 0) is 26.6 Å². The van der Waals surface area contributed by atoms with Gasteiger partial charge in [0.15, 0.2) is 0 Å². The molecule has 0 atom stereocenters. The Bertz CT molecular complexity index is 1810. The Balaban J connectivity index is 1.39. The van der Waals surface area contributed by atoms with Crippen molar-refractivity contribution in [2.24, 2.45) is 5.92 Å². The molecule has 40 heavy (non-hydrogen) atoms. The summed E-state index contributed by atoms with van der Waals surface area (Å²) < 4.78 is 68.5. The van der Waals surface area contributed by atoms with Gasteiger partial charge in [-0.1, -0.05) is 13.8 Å². The molecule has 0 spiro atoms. The second-order valence-electron chi connectivity index (χ2n) is 10.0. The van der Waals surface area contributed by atoms with Crippen LogP contribution >= 0.6 is 0 Å². The van der Waals surface area contributed by atoms with Crippen molar-refractivity contribution in [2.45, 2.75) is 36.6 Å². The minimum absolute atomic E-state index is 0.0748. The SMILES string of the molecule is CC(C)CN(CCCN(Cc1ccncc1)S(=O)(=O)c1ccc2occc2c1)S(=O)(=O)c1ccc2occc2c1. The topological polar surface area (TPSA) is 114 Å². The first-order valence-corrected chi connectivity index (χ1v) is 15.9. The van der Waals surface area contributed by atoms with Gasteiger partial charge >= 0.3 is 0 Å². The molecule has 9 nitrogen and oxygen atoms in total. The van der Waals surface area contributed by atoms with Crippen LogP contribution in [0.1, 0.15) is 25.8 Å². The van der Waals surface area contributed by atoms with E-state index in [1.54, 1.807) is 67.0 Å². The van der Waals surface area contributed by atoms with Crippen molar-refractivity contribution >= 4 is 42.0 Å². The maximum atomic E-state index is 13.8. The summed E-state index contributed by atoms with van der Waals surface area (Å²) in [7, 11) is -7.73. The Morgan fingerprint density at radius 2 is 1.25 bits per heavy atom. The van der Waals surface area contributed by atoms with Crippen molar-refractivity contribution in [3.8, 4) is 0 Å². The zero-order chi connectivity index (χ0) is 28.3. The smallest absolute Gasteiger partial charge is 0.243 e. The molecule has 0 N–H and O–H groups in total. The number of pyridine rings is 1.